The second kappa shape index (κ2) is 6.66. The lowest BCUT2D eigenvalue weighted by molar-refractivity contribution is -0.140. The molecule has 5 nitrogen and oxygen atoms in total. The summed E-state index contributed by atoms with van der Waals surface area (Å²) in [5.74, 6) is 1.59. The Balaban J connectivity index is 1.37. The fourth-order valence-electron chi connectivity index (χ4n) is 4.76. The first kappa shape index (κ1) is 16.4. The number of hydrogen-bond donors (Lipinski definition) is 0. The maximum absolute atomic E-state index is 13.0. The van der Waals surface area contributed by atoms with Crippen LogP contribution in [0.4, 0.5) is 0 Å². The summed E-state index contributed by atoms with van der Waals surface area (Å²) in [5, 5.41) is 0. The summed E-state index contributed by atoms with van der Waals surface area (Å²) in [6.45, 7) is 4.92. The van der Waals surface area contributed by atoms with Gasteiger partial charge in [-0.15, -0.1) is 0 Å². The Kier molecular flexibility index (Phi) is 4.54. The molecule has 3 saturated heterocycles. The van der Waals surface area contributed by atoms with E-state index in [0.717, 1.165) is 70.6 Å². The summed E-state index contributed by atoms with van der Waals surface area (Å²) < 4.78 is 5.38. The molecule has 3 heterocycles. The van der Waals surface area contributed by atoms with Crippen molar-refractivity contribution in [3.63, 3.8) is 0 Å². The van der Waals surface area contributed by atoms with Crippen LogP contribution in [0.15, 0.2) is 0 Å². The molecule has 4 fully saturated rings. The number of amides is 2. The van der Waals surface area contributed by atoms with E-state index >= 15 is 0 Å². The van der Waals surface area contributed by atoms with E-state index in [1.165, 1.54) is 12.8 Å². The molecule has 1 spiro atoms. The molecule has 0 bridgehead atoms. The number of likely N-dealkylation sites (tertiary alicyclic amines) is 2. The van der Waals surface area contributed by atoms with Gasteiger partial charge in [-0.3, -0.25) is 9.59 Å². The van der Waals surface area contributed by atoms with Gasteiger partial charge in [-0.2, -0.15) is 0 Å². The first-order valence-electron chi connectivity index (χ1n) is 9.84. The molecule has 4 rings (SSSR count). The van der Waals surface area contributed by atoms with Crippen molar-refractivity contribution in [2.45, 2.75) is 51.4 Å². The van der Waals surface area contributed by atoms with Crippen molar-refractivity contribution in [1.82, 2.24) is 9.80 Å². The molecule has 3 aliphatic heterocycles. The summed E-state index contributed by atoms with van der Waals surface area (Å²) in [4.78, 5) is 29.9. The second-order valence-corrected chi connectivity index (χ2v) is 8.29. The van der Waals surface area contributed by atoms with Crippen LogP contribution in [0.25, 0.3) is 0 Å². The molecule has 5 heteroatoms. The van der Waals surface area contributed by atoms with Crippen LogP contribution in [0.5, 0.6) is 0 Å². The molecule has 0 aromatic heterocycles. The average Bonchev–Trinajstić information content (AvgIpc) is 3.40. The molecule has 2 amide bonds. The Morgan fingerprint density at radius 1 is 1.04 bits per heavy atom. The predicted octanol–water partition coefficient (Wildman–Crippen LogP) is 2.05. The largest absolute Gasteiger partial charge is 0.381 e. The normalized spacial score (nSPS) is 32.4. The van der Waals surface area contributed by atoms with Gasteiger partial charge in [0.15, 0.2) is 0 Å². The molecule has 1 aliphatic carbocycles. The van der Waals surface area contributed by atoms with Gasteiger partial charge in [-0.05, 0) is 57.3 Å². The molecular formula is C19H30N2O3. The molecule has 1 saturated carbocycles. The third-order valence-electron chi connectivity index (χ3n) is 6.60. The van der Waals surface area contributed by atoms with E-state index in [0.29, 0.717) is 25.0 Å². The first-order chi connectivity index (χ1) is 11.7. The summed E-state index contributed by atoms with van der Waals surface area (Å²) in [6, 6.07) is 0. The lowest BCUT2D eigenvalue weighted by atomic mass is 9.79. The van der Waals surface area contributed by atoms with Crippen molar-refractivity contribution in [3.05, 3.63) is 0 Å². The molecule has 0 N–H and O–H groups in total. The molecular weight excluding hydrogens is 304 g/mol. The minimum Gasteiger partial charge on any atom is -0.381 e. The SMILES string of the molecule is O=C(C1CCOCC1)N1CCCC2(CC1)CCN(CC1CC1)C2=O. The highest BCUT2D eigenvalue weighted by Crippen LogP contribution is 2.43. The van der Waals surface area contributed by atoms with Gasteiger partial charge in [0.1, 0.15) is 0 Å². The Morgan fingerprint density at radius 2 is 1.79 bits per heavy atom. The fraction of sp³-hybridized carbons (Fsp3) is 0.895. The molecule has 1 atom stereocenters. The van der Waals surface area contributed by atoms with E-state index in [9.17, 15) is 9.59 Å². The average molecular weight is 334 g/mol. The van der Waals surface area contributed by atoms with Crippen molar-refractivity contribution in [1.29, 1.82) is 0 Å². The second-order valence-electron chi connectivity index (χ2n) is 8.29. The van der Waals surface area contributed by atoms with E-state index in [-0.39, 0.29) is 11.3 Å². The van der Waals surface area contributed by atoms with Gasteiger partial charge in [-0.25, -0.2) is 0 Å². The molecule has 24 heavy (non-hydrogen) atoms. The van der Waals surface area contributed by atoms with Gasteiger partial charge in [0.05, 0.1) is 5.41 Å². The molecule has 0 aromatic carbocycles. The van der Waals surface area contributed by atoms with E-state index < -0.39 is 0 Å². The summed E-state index contributed by atoms with van der Waals surface area (Å²) in [7, 11) is 0. The van der Waals surface area contributed by atoms with Gasteiger partial charge in [0.2, 0.25) is 11.8 Å². The number of carbonyl (C=O) groups is 2. The number of carbonyl (C=O) groups excluding carboxylic acids is 2. The standard InChI is InChI=1S/C19H30N2O3/c22-17(16-4-12-24-13-5-16)20-9-1-6-19(7-10-20)8-11-21(18(19)23)14-15-2-3-15/h15-16H,1-14H2. The van der Waals surface area contributed by atoms with Crippen molar-refractivity contribution >= 4 is 11.8 Å². The van der Waals surface area contributed by atoms with Crippen LogP contribution >= 0.6 is 0 Å². The summed E-state index contributed by atoms with van der Waals surface area (Å²) in [5.41, 5.74) is -0.167. The van der Waals surface area contributed by atoms with Gasteiger partial charge in [-0.1, -0.05) is 0 Å². The van der Waals surface area contributed by atoms with Crippen LogP contribution in [0.3, 0.4) is 0 Å². The first-order valence-corrected chi connectivity index (χ1v) is 9.84. The van der Waals surface area contributed by atoms with Gasteiger partial charge in [0, 0.05) is 45.3 Å². The van der Waals surface area contributed by atoms with E-state index in [2.05, 4.69) is 4.90 Å². The number of ether oxygens (including phenoxy) is 1. The van der Waals surface area contributed by atoms with Gasteiger partial charge >= 0.3 is 0 Å². The molecule has 0 radical (unpaired) electrons. The number of rotatable bonds is 3. The zero-order chi connectivity index (χ0) is 16.6. The van der Waals surface area contributed by atoms with Gasteiger partial charge in [0.25, 0.3) is 0 Å². The Morgan fingerprint density at radius 3 is 2.54 bits per heavy atom. The van der Waals surface area contributed by atoms with Crippen LogP contribution in [0, 0.1) is 17.3 Å². The van der Waals surface area contributed by atoms with Crippen molar-refractivity contribution in [2.24, 2.45) is 17.3 Å². The molecule has 0 aromatic rings. The quantitative estimate of drug-likeness (QED) is 0.794. The Labute approximate surface area is 144 Å². The number of hydrogen-bond acceptors (Lipinski definition) is 3. The molecule has 1 unspecified atom stereocenters. The lowest BCUT2D eigenvalue weighted by Gasteiger charge is -2.29. The third kappa shape index (κ3) is 3.19. The minimum atomic E-state index is -0.167. The van der Waals surface area contributed by atoms with Crippen LogP contribution in [0.2, 0.25) is 0 Å². The maximum atomic E-state index is 13.0. The Hall–Kier alpha value is -1.10. The van der Waals surface area contributed by atoms with Crippen LogP contribution in [-0.4, -0.2) is 61.0 Å². The van der Waals surface area contributed by atoms with Crippen molar-refractivity contribution in [2.75, 3.05) is 39.4 Å². The summed E-state index contributed by atoms with van der Waals surface area (Å²) >= 11 is 0. The highest BCUT2D eigenvalue weighted by atomic mass is 16.5. The number of nitrogens with zero attached hydrogens (tertiary/aromatic N) is 2. The van der Waals surface area contributed by atoms with Crippen molar-refractivity contribution in [3.8, 4) is 0 Å². The zero-order valence-electron chi connectivity index (χ0n) is 14.7. The zero-order valence-corrected chi connectivity index (χ0v) is 14.7. The van der Waals surface area contributed by atoms with Gasteiger partial charge < -0.3 is 14.5 Å². The third-order valence-corrected chi connectivity index (χ3v) is 6.60. The highest BCUT2D eigenvalue weighted by molar-refractivity contribution is 5.85. The van der Waals surface area contributed by atoms with E-state index in [1.807, 2.05) is 4.90 Å². The van der Waals surface area contributed by atoms with E-state index in [4.69, 9.17) is 4.74 Å². The maximum Gasteiger partial charge on any atom is 0.228 e. The highest BCUT2D eigenvalue weighted by Gasteiger charge is 2.48. The topological polar surface area (TPSA) is 49.9 Å². The smallest absolute Gasteiger partial charge is 0.228 e. The van der Waals surface area contributed by atoms with Crippen molar-refractivity contribution < 1.29 is 14.3 Å². The lowest BCUT2D eigenvalue weighted by Crippen LogP contribution is -2.40. The minimum absolute atomic E-state index is 0.137. The van der Waals surface area contributed by atoms with Crippen LogP contribution in [0.1, 0.15) is 51.4 Å². The van der Waals surface area contributed by atoms with Crippen LogP contribution in [-0.2, 0) is 14.3 Å². The molecule has 134 valence electrons. The monoisotopic (exact) mass is 334 g/mol. The predicted molar refractivity (Wildman–Crippen MR) is 90.3 cm³/mol. The van der Waals surface area contributed by atoms with E-state index in [1.54, 1.807) is 0 Å². The fourth-order valence-corrected chi connectivity index (χ4v) is 4.76. The summed E-state index contributed by atoms with van der Waals surface area (Å²) in [6.07, 6.45) is 8.10. The Bertz CT molecular complexity index is 499. The van der Waals surface area contributed by atoms with Crippen LogP contribution < -0.4 is 0 Å². The molecule has 4 aliphatic rings.